The van der Waals surface area contributed by atoms with E-state index in [0.29, 0.717) is 5.92 Å². The van der Waals surface area contributed by atoms with Crippen molar-refractivity contribution >= 4 is 17.8 Å². The Bertz CT molecular complexity index is 852. The largest absolute Gasteiger partial charge is 0.416 e. The molecule has 4 rings (SSSR count). The first-order chi connectivity index (χ1) is 15.3. The lowest BCUT2D eigenvalue weighted by Crippen LogP contribution is -2.43. The maximum absolute atomic E-state index is 12.4. The van der Waals surface area contributed by atoms with Crippen molar-refractivity contribution in [3.63, 3.8) is 0 Å². The van der Waals surface area contributed by atoms with Crippen LogP contribution in [0.4, 0.5) is 13.2 Å². The molecule has 0 unspecified atom stereocenters. The number of nitrogens with zero attached hydrogens (tertiary/aromatic N) is 1. The molecule has 2 aromatic carbocycles. The first kappa shape index (κ1) is 24.9. The summed E-state index contributed by atoms with van der Waals surface area (Å²) in [5.41, 5.74) is 2.92. The molecule has 0 amide bonds. The summed E-state index contributed by atoms with van der Waals surface area (Å²) in [6.45, 7) is 8.64. The van der Waals surface area contributed by atoms with Crippen LogP contribution in [0.1, 0.15) is 47.9 Å². The lowest BCUT2D eigenvalue weighted by Gasteiger charge is -2.41. The zero-order valence-electron chi connectivity index (χ0n) is 18.8. The normalized spacial score (nSPS) is 18.9. The predicted octanol–water partition coefficient (Wildman–Crippen LogP) is 6.82. The smallest absolute Gasteiger partial charge is 0.369 e. The highest BCUT2D eigenvalue weighted by atomic mass is 32.2. The highest BCUT2D eigenvalue weighted by molar-refractivity contribution is 8.00. The van der Waals surface area contributed by atoms with Gasteiger partial charge in [-0.2, -0.15) is 24.9 Å². The topological polar surface area (TPSA) is 12.5 Å². The molecule has 2 aliphatic heterocycles. The van der Waals surface area contributed by atoms with Crippen LogP contribution in [0.3, 0.4) is 0 Å². The zero-order chi connectivity index (χ0) is 23.2. The second-order valence-electron chi connectivity index (χ2n) is 8.44. The molecule has 2 nitrogen and oxygen atoms in total. The second kappa shape index (κ2) is 10.9. The van der Waals surface area contributed by atoms with E-state index in [0.717, 1.165) is 55.2 Å². The van der Waals surface area contributed by atoms with E-state index in [1.807, 2.05) is 17.8 Å². The Balaban J connectivity index is 0.000000182. The van der Waals surface area contributed by atoms with Gasteiger partial charge in [0.2, 0.25) is 0 Å². The molecule has 174 valence electrons. The number of benzene rings is 2. The van der Waals surface area contributed by atoms with Crippen LogP contribution < -0.4 is 0 Å². The fourth-order valence-corrected chi connectivity index (χ4v) is 5.18. The molecule has 2 aliphatic rings. The van der Waals surface area contributed by atoms with Crippen molar-refractivity contribution < 1.29 is 17.9 Å². The van der Waals surface area contributed by atoms with Gasteiger partial charge in [-0.1, -0.05) is 49.1 Å². The van der Waals surface area contributed by atoms with E-state index in [1.165, 1.54) is 17.7 Å². The number of alkyl halides is 3. The molecular formula is C26H32F3NOS. The minimum Gasteiger partial charge on any atom is -0.369 e. The van der Waals surface area contributed by atoms with Crippen molar-refractivity contribution in [1.29, 1.82) is 0 Å². The van der Waals surface area contributed by atoms with E-state index >= 15 is 0 Å². The number of likely N-dealkylation sites (tertiary alicyclic amines) is 1. The van der Waals surface area contributed by atoms with E-state index < -0.39 is 11.7 Å². The highest BCUT2D eigenvalue weighted by Gasteiger charge is 2.40. The number of rotatable bonds is 5. The lowest BCUT2D eigenvalue weighted by molar-refractivity contribution is -0.137. The molecule has 2 fully saturated rings. The molecule has 2 heterocycles. The van der Waals surface area contributed by atoms with Gasteiger partial charge in [0.15, 0.2) is 0 Å². The first-order valence-corrected chi connectivity index (χ1v) is 12.2. The van der Waals surface area contributed by atoms with Crippen LogP contribution in [0.2, 0.25) is 0 Å². The number of hydrogen-bond acceptors (Lipinski definition) is 3. The predicted molar refractivity (Wildman–Crippen MR) is 128 cm³/mol. The van der Waals surface area contributed by atoms with Crippen molar-refractivity contribution in [3.8, 4) is 0 Å². The van der Waals surface area contributed by atoms with Gasteiger partial charge in [-0.25, -0.2) is 0 Å². The molecule has 0 radical (unpaired) electrons. The van der Waals surface area contributed by atoms with Crippen LogP contribution in [0.15, 0.2) is 55.1 Å². The third-order valence-electron chi connectivity index (χ3n) is 6.19. The van der Waals surface area contributed by atoms with Gasteiger partial charge in [0.1, 0.15) is 5.60 Å². The van der Waals surface area contributed by atoms with Crippen LogP contribution in [0.5, 0.6) is 0 Å². The second-order valence-corrected chi connectivity index (χ2v) is 9.43. The molecule has 0 bridgehead atoms. The van der Waals surface area contributed by atoms with Crippen LogP contribution >= 0.6 is 11.8 Å². The molecule has 32 heavy (non-hydrogen) atoms. The van der Waals surface area contributed by atoms with Gasteiger partial charge in [0, 0.05) is 18.1 Å². The monoisotopic (exact) mass is 463 g/mol. The minimum atomic E-state index is -4.23. The summed E-state index contributed by atoms with van der Waals surface area (Å²) in [4.78, 5) is 2.25. The summed E-state index contributed by atoms with van der Waals surface area (Å²) >= 11 is 1.94. The lowest BCUT2D eigenvalue weighted by atomic mass is 9.89. The Kier molecular flexibility index (Phi) is 8.48. The number of piperidine rings is 1. The van der Waals surface area contributed by atoms with E-state index in [4.69, 9.17) is 4.74 Å². The average molecular weight is 464 g/mol. The fraction of sp³-hybridized carbons (Fsp3) is 0.462. The molecule has 0 atom stereocenters. The Morgan fingerprint density at radius 3 is 2.09 bits per heavy atom. The third-order valence-corrected chi connectivity index (χ3v) is 7.53. The van der Waals surface area contributed by atoms with Crippen molar-refractivity contribution in [1.82, 2.24) is 4.90 Å². The Morgan fingerprint density at radius 1 is 1.06 bits per heavy atom. The quantitative estimate of drug-likeness (QED) is 0.483. The molecule has 0 aromatic heterocycles. The maximum Gasteiger partial charge on any atom is 0.416 e. The first-order valence-electron chi connectivity index (χ1n) is 11.1. The van der Waals surface area contributed by atoms with E-state index in [9.17, 15) is 13.2 Å². The van der Waals surface area contributed by atoms with E-state index in [2.05, 4.69) is 49.7 Å². The number of hydrogen-bond donors (Lipinski definition) is 0. The molecule has 2 saturated heterocycles. The summed E-state index contributed by atoms with van der Waals surface area (Å²) in [6.07, 6.45) is -0.304. The summed E-state index contributed by atoms with van der Waals surface area (Å²) in [5.74, 6) is 2.57. The average Bonchev–Trinajstić information content (AvgIpc) is 2.77. The van der Waals surface area contributed by atoms with Crippen molar-refractivity contribution in [3.05, 3.63) is 77.4 Å². The van der Waals surface area contributed by atoms with Crippen LogP contribution in [-0.2, 0) is 16.5 Å². The van der Waals surface area contributed by atoms with Gasteiger partial charge in [0.05, 0.1) is 5.56 Å². The number of halogens is 3. The van der Waals surface area contributed by atoms with Crippen LogP contribution in [0, 0.1) is 0 Å². The standard InChI is InChI=1S/C13H16F3N.C13H16OS/c1-17-8-6-11(7-9-17)10-2-4-12(5-3-10)13(14,15)16;1-3-11-5-7-12(8-6-11)13(14-4-2)9-15-10-13/h2-5,11H,6-9H2,1H3;3,5-8H,1,4,9-10H2,2H3. The number of thioether (sulfide) groups is 1. The van der Waals surface area contributed by atoms with Gasteiger partial charge in [-0.05, 0) is 74.6 Å². The minimum absolute atomic E-state index is 0.0148. The Morgan fingerprint density at radius 2 is 1.66 bits per heavy atom. The van der Waals surface area contributed by atoms with E-state index in [-0.39, 0.29) is 5.60 Å². The van der Waals surface area contributed by atoms with Crippen LogP contribution in [-0.4, -0.2) is 43.1 Å². The zero-order valence-corrected chi connectivity index (χ0v) is 19.6. The van der Waals surface area contributed by atoms with Gasteiger partial charge in [-0.3, -0.25) is 0 Å². The molecule has 0 aliphatic carbocycles. The van der Waals surface area contributed by atoms with E-state index in [1.54, 1.807) is 12.1 Å². The van der Waals surface area contributed by atoms with Gasteiger partial charge in [-0.15, -0.1) is 0 Å². The Labute approximate surface area is 193 Å². The fourth-order valence-electron chi connectivity index (χ4n) is 4.11. The Hall–Kier alpha value is -1.76. The van der Waals surface area contributed by atoms with Crippen molar-refractivity contribution in [2.45, 2.75) is 37.5 Å². The van der Waals surface area contributed by atoms with Gasteiger partial charge >= 0.3 is 6.18 Å². The molecule has 0 N–H and O–H groups in total. The number of ether oxygens (including phenoxy) is 1. The van der Waals surface area contributed by atoms with Gasteiger partial charge < -0.3 is 9.64 Å². The van der Waals surface area contributed by atoms with Crippen molar-refractivity contribution in [2.24, 2.45) is 0 Å². The molecule has 0 saturated carbocycles. The molecule has 2 aromatic rings. The SMILES string of the molecule is C=Cc1ccc(C2(OCC)CSC2)cc1.CN1CCC(c2ccc(C(F)(F)F)cc2)CC1. The molecule has 0 spiro atoms. The summed E-state index contributed by atoms with van der Waals surface area (Å²) in [5, 5.41) is 0. The summed E-state index contributed by atoms with van der Waals surface area (Å²) in [7, 11) is 2.07. The summed E-state index contributed by atoms with van der Waals surface area (Å²) in [6, 6.07) is 14.1. The summed E-state index contributed by atoms with van der Waals surface area (Å²) < 4.78 is 43.1. The van der Waals surface area contributed by atoms with Crippen molar-refractivity contribution in [2.75, 3.05) is 38.2 Å². The highest BCUT2D eigenvalue weighted by Crippen LogP contribution is 2.42. The van der Waals surface area contributed by atoms with Gasteiger partial charge in [0.25, 0.3) is 0 Å². The third kappa shape index (κ3) is 6.18. The van der Waals surface area contributed by atoms with Crippen LogP contribution in [0.25, 0.3) is 6.08 Å². The molecule has 6 heteroatoms. The maximum atomic E-state index is 12.4. The molecular weight excluding hydrogens is 431 g/mol.